The lowest BCUT2D eigenvalue weighted by atomic mass is 10.1. The monoisotopic (exact) mass is 366 g/mol. The molecule has 5 nitrogen and oxygen atoms in total. The van der Waals surface area contributed by atoms with Crippen molar-refractivity contribution in [1.29, 1.82) is 0 Å². The van der Waals surface area contributed by atoms with Gasteiger partial charge in [0, 0.05) is 24.8 Å². The van der Waals surface area contributed by atoms with E-state index in [1.807, 2.05) is 0 Å². The maximum atomic E-state index is 12.3. The van der Waals surface area contributed by atoms with E-state index in [-0.39, 0.29) is 17.2 Å². The van der Waals surface area contributed by atoms with Crippen LogP contribution >= 0.6 is 11.6 Å². The number of amides is 1. The van der Waals surface area contributed by atoms with E-state index < -0.39 is 10.0 Å². The van der Waals surface area contributed by atoms with Crippen LogP contribution in [-0.4, -0.2) is 32.7 Å². The number of nitrogens with zero attached hydrogens (tertiary/aromatic N) is 1. The number of hydrogen-bond acceptors (Lipinski definition) is 3. The van der Waals surface area contributed by atoms with Gasteiger partial charge >= 0.3 is 0 Å². The van der Waals surface area contributed by atoms with Crippen LogP contribution in [0.2, 0.25) is 5.02 Å². The minimum absolute atomic E-state index is 0.178. The molecule has 2 aromatic carbocycles. The molecule has 0 unspecified atom stereocenters. The summed E-state index contributed by atoms with van der Waals surface area (Å²) in [5.74, 6) is -0.227. The first-order chi connectivity index (χ1) is 11.2. The number of nitrogens with one attached hydrogen (secondary N) is 1. The average molecular weight is 367 g/mol. The summed E-state index contributed by atoms with van der Waals surface area (Å²) in [7, 11) is -0.617. The number of halogens is 1. The summed E-state index contributed by atoms with van der Waals surface area (Å²) in [5.41, 5.74) is 1.89. The van der Waals surface area contributed by atoms with Crippen molar-refractivity contribution in [2.45, 2.75) is 18.2 Å². The van der Waals surface area contributed by atoms with E-state index in [1.54, 1.807) is 43.3 Å². The molecule has 24 heavy (non-hydrogen) atoms. The third-order valence-corrected chi connectivity index (χ3v) is 5.72. The summed E-state index contributed by atoms with van der Waals surface area (Å²) < 4.78 is 25.8. The second-order valence-electron chi connectivity index (χ2n) is 5.62. The van der Waals surface area contributed by atoms with Crippen molar-refractivity contribution in [3.8, 4) is 0 Å². The molecule has 0 heterocycles. The van der Waals surface area contributed by atoms with Crippen molar-refractivity contribution in [3.63, 3.8) is 0 Å². The third-order valence-electron chi connectivity index (χ3n) is 3.51. The Labute approximate surface area is 147 Å². The predicted molar refractivity (Wildman–Crippen MR) is 95.8 cm³/mol. The van der Waals surface area contributed by atoms with Gasteiger partial charge in [-0.15, -0.1) is 0 Å². The van der Waals surface area contributed by atoms with Gasteiger partial charge in [0.25, 0.3) is 0 Å². The fourth-order valence-corrected chi connectivity index (χ4v) is 3.42. The Morgan fingerprint density at radius 1 is 1.12 bits per heavy atom. The Hall–Kier alpha value is -1.89. The van der Waals surface area contributed by atoms with Crippen LogP contribution in [0.5, 0.6) is 0 Å². The molecule has 1 N–H and O–H groups in total. The first-order valence-electron chi connectivity index (χ1n) is 7.27. The van der Waals surface area contributed by atoms with Crippen molar-refractivity contribution in [3.05, 3.63) is 58.6 Å². The van der Waals surface area contributed by atoms with Gasteiger partial charge in [-0.25, -0.2) is 12.7 Å². The maximum Gasteiger partial charge on any atom is 0.242 e. The molecule has 2 rings (SSSR count). The SMILES string of the molecule is Cc1ccc(NC(=O)Cc2ccc(Cl)cc2)cc1S(=O)(=O)N(C)C. The molecule has 0 saturated carbocycles. The van der Waals surface area contributed by atoms with Crippen LogP contribution < -0.4 is 5.32 Å². The van der Waals surface area contributed by atoms with Crippen molar-refractivity contribution in [2.24, 2.45) is 0 Å². The van der Waals surface area contributed by atoms with Crippen LogP contribution in [0, 0.1) is 6.92 Å². The molecule has 0 aliphatic heterocycles. The Morgan fingerprint density at radius 2 is 1.75 bits per heavy atom. The number of benzene rings is 2. The molecule has 0 fully saturated rings. The number of carbonyl (C=O) groups is 1. The maximum absolute atomic E-state index is 12.3. The highest BCUT2D eigenvalue weighted by Crippen LogP contribution is 2.22. The summed E-state index contributed by atoms with van der Waals surface area (Å²) in [5, 5.41) is 3.34. The smallest absolute Gasteiger partial charge is 0.242 e. The Morgan fingerprint density at radius 3 is 2.33 bits per heavy atom. The van der Waals surface area contributed by atoms with E-state index in [9.17, 15) is 13.2 Å². The molecule has 0 saturated heterocycles. The van der Waals surface area contributed by atoms with E-state index in [1.165, 1.54) is 20.2 Å². The van der Waals surface area contributed by atoms with Gasteiger partial charge in [0.15, 0.2) is 0 Å². The molecule has 0 spiro atoms. The lowest BCUT2D eigenvalue weighted by Crippen LogP contribution is -2.23. The van der Waals surface area contributed by atoms with Crippen LogP contribution in [-0.2, 0) is 21.2 Å². The minimum Gasteiger partial charge on any atom is -0.326 e. The normalized spacial score (nSPS) is 11.5. The quantitative estimate of drug-likeness (QED) is 0.884. The Kier molecular flexibility index (Phi) is 5.64. The van der Waals surface area contributed by atoms with Crippen LogP contribution in [0.4, 0.5) is 5.69 Å². The molecule has 0 aliphatic rings. The van der Waals surface area contributed by atoms with Gasteiger partial charge in [-0.2, -0.15) is 0 Å². The second kappa shape index (κ2) is 7.34. The molecule has 0 atom stereocenters. The largest absolute Gasteiger partial charge is 0.326 e. The molecule has 0 radical (unpaired) electrons. The topological polar surface area (TPSA) is 66.5 Å². The standard InChI is InChI=1S/C17H19ClN2O3S/c1-12-4-9-15(11-16(12)24(22,23)20(2)3)19-17(21)10-13-5-7-14(18)8-6-13/h4-9,11H,10H2,1-3H3,(H,19,21). The molecular formula is C17H19ClN2O3S. The zero-order valence-electron chi connectivity index (χ0n) is 13.7. The fourth-order valence-electron chi connectivity index (χ4n) is 2.15. The van der Waals surface area contributed by atoms with Crippen molar-refractivity contribution in [1.82, 2.24) is 4.31 Å². The number of hydrogen-bond donors (Lipinski definition) is 1. The lowest BCUT2D eigenvalue weighted by molar-refractivity contribution is -0.115. The number of carbonyl (C=O) groups excluding carboxylic acids is 1. The molecule has 1 amide bonds. The van der Waals surface area contributed by atoms with E-state index in [0.717, 1.165) is 9.87 Å². The van der Waals surface area contributed by atoms with Gasteiger partial charge in [-0.05, 0) is 42.3 Å². The Bertz CT molecular complexity index is 847. The lowest BCUT2D eigenvalue weighted by Gasteiger charge is -2.15. The number of rotatable bonds is 5. The van der Waals surface area contributed by atoms with Crippen molar-refractivity contribution >= 4 is 33.2 Å². The van der Waals surface area contributed by atoms with E-state index >= 15 is 0 Å². The molecular weight excluding hydrogens is 348 g/mol. The van der Waals surface area contributed by atoms with Gasteiger partial charge < -0.3 is 5.32 Å². The molecule has 0 aliphatic carbocycles. The van der Waals surface area contributed by atoms with Gasteiger partial charge in [-0.3, -0.25) is 4.79 Å². The number of sulfonamides is 1. The first kappa shape index (κ1) is 18.4. The molecule has 2 aromatic rings. The summed E-state index contributed by atoms with van der Waals surface area (Å²) in [6, 6.07) is 11.8. The highest BCUT2D eigenvalue weighted by Gasteiger charge is 2.20. The summed E-state index contributed by atoms with van der Waals surface area (Å²) in [6.45, 7) is 1.72. The van der Waals surface area contributed by atoms with Crippen molar-refractivity contribution < 1.29 is 13.2 Å². The summed E-state index contributed by atoms with van der Waals surface area (Å²) >= 11 is 5.82. The molecule has 7 heteroatoms. The summed E-state index contributed by atoms with van der Waals surface area (Å²) in [6.07, 6.45) is 0.181. The van der Waals surface area contributed by atoms with Crippen LogP contribution in [0.1, 0.15) is 11.1 Å². The zero-order valence-corrected chi connectivity index (χ0v) is 15.3. The predicted octanol–water partition coefficient (Wildman–Crippen LogP) is 3.08. The van der Waals surface area contributed by atoms with Gasteiger partial charge in [-0.1, -0.05) is 29.8 Å². The highest BCUT2D eigenvalue weighted by atomic mass is 35.5. The van der Waals surface area contributed by atoms with E-state index in [4.69, 9.17) is 11.6 Å². The summed E-state index contributed by atoms with van der Waals surface area (Å²) in [4.78, 5) is 12.3. The molecule has 0 aromatic heterocycles. The molecule has 0 bridgehead atoms. The molecule has 128 valence electrons. The van der Waals surface area contributed by atoms with Gasteiger partial charge in [0.05, 0.1) is 11.3 Å². The third kappa shape index (κ3) is 4.35. The second-order valence-corrected chi connectivity index (χ2v) is 8.18. The van der Waals surface area contributed by atoms with Crippen molar-refractivity contribution in [2.75, 3.05) is 19.4 Å². The van der Waals surface area contributed by atoms with Crippen LogP contribution in [0.25, 0.3) is 0 Å². The number of anilines is 1. The van der Waals surface area contributed by atoms with Gasteiger partial charge in [0.1, 0.15) is 0 Å². The van der Waals surface area contributed by atoms with Crippen LogP contribution in [0.15, 0.2) is 47.4 Å². The average Bonchev–Trinajstić information content (AvgIpc) is 2.51. The van der Waals surface area contributed by atoms with Gasteiger partial charge in [0.2, 0.25) is 15.9 Å². The minimum atomic E-state index is -3.56. The number of aryl methyl sites for hydroxylation is 1. The van der Waals surface area contributed by atoms with E-state index in [2.05, 4.69) is 5.32 Å². The first-order valence-corrected chi connectivity index (χ1v) is 9.09. The highest BCUT2D eigenvalue weighted by molar-refractivity contribution is 7.89. The van der Waals surface area contributed by atoms with E-state index in [0.29, 0.717) is 16.3 Å². The van der Waals surface area contributed by atoms with Crippen LogP contribution in [0.3, 0.4) is 0 Å². The Balaban J connectivity index is 2.18. The zero-order chi connectivity index (χ0) is 17.9. The fraction of sp³-hybridized carbons (Fsp3) is 0.235.